The summed E-state index contributed by atoms with van der Waals surface area (Å²) in [5.74, 6) is -0.685. The number of alkyl halides is 3. The maximum absolute atomic E-state index is 12.8. The number of ether oxygens (including phenoxy) is 2. The van der Waals surface area contributed by atoms with Crippen LogP contribution in [0.15, 0.2) is 52.3 Å². The SMILES string of the molecule is CC(C)COc1cc([N+](=O)[O-])cc(S(=O)(=O)c2cccc(OC(F)(F)F)c2)c1. The molecule has 0 unspecified atom stereocenters. The van der Waals surface area contributed by atoms with Crippen LogP contribution in [-0.2, 0) is 9.84 Å². The second kappa shape index (κ2) is 8.05. The van der Waals surface area contributed by atoms with E-state index in [4.69, 9.17) is 4.74 Å². The summed E-state index contributed by atoms with van der Waals surface area (Å²) in [5, 5.41) is 11.1. The van der Waals surface area contributed by atoms with Gasteiger partial charge in [0.05, 0.1) is 27.4 Å². The first-order chi connectivity index (χ1) is 12.9. The number of sulfone groups is 1. The monoisotopic (exact) mass is 419 g/mol. The van der Waals surface area contributed by atoms with Crippen LogP contribution in [0.4, 0.5) is 18.9 Å². The third-order valence-electron chi connectivity index (χ3n) is 3.32. The van der Waals surface area contributed by atoms with Crippen LogP contribution in [0.1, 0.15) is 13.8 Å². The van der Waals surface area contributed by atoms with Gasteiger partial charge in [-0.3, -0.25) is 10.1 Å². The average molecular weight is 419 g/mol. The molecule has 0 radical (unpaired) electrons. The van der Waals surface area contributed by atoms with Gasteiger partial charge in [-0.05, 0) is 30.2 Å². The molecule has 0 saturated heterocycles. The van der Waals surface area contributed by atoms with Gasteiger partial charge in [0.15, 0.2) is 0 Å². The Hall–Kier alpha value is -2.82. The van der Waals surface area contributed by atoms with Crippen LogP contribution in [0.25, 0.3) is 0 Å². The predicted octanol–water partition coefficient (Wildman–Crippen LogP) is 4.36. The smallest absolute Gasteiger partial charge is 0.493 e. The van der Waals surface area contributed by atoms with Crippen molar-refractivity contribution in [1.82, 2.24) is 0 Å². The fourth-order valence-electron chi connectivity index (χ4n) is 2.14. The van der Waals surface area contributed by atoms with E-state index in [0.717, 1.165) is 36.4 Å². The summed E-state index contributed by atoms with van der Waals surface area (Å²) < 4.78 is 71.8. The topological polar surface area (TPSA) is 95.7 Å². The summed E-state index contributed by atoms with van der Waals surface area (Å²) in [7, 11) is -4.37. The Balaban J connectivity index is 2.49. The van der Waals surface area contributed by atoms with E-state index in [1.54, 1.807) is 0 Å². The highest BCUT2D eigenvalue weighted by Gasteiger charge is 2.32. The van der Waals surface area contributed by atoms with Gasteiger partial charge in [-0.2, -0.15) is 0 Å². The van der Waals surface area contributed by atoms with Gasteiger partial charge in [0.25, 0.3) is 5.69 Å². The minimum Gasteiger partial charge on any atom is -0.493 e. The lowest BCUT2D eigenvalue weighted by atomic mass is 10.2. The average Bonchev–Trinajstić information content (AvgIpc) is 2.58. The minimum absolute atomic E-state index is 0.0378. The van der Waals surface area contributed by atoms with Crippen molar-refractivity contribution in [2.75, 3.05) is 6.61 Å². The Bertz CT molecular complexity index is 973. The number of hydrogen-bond acceptors (Lipinski definition) is 6. The molecule has 7 nitrogen and oxygen atoms in total. The zero-order valence-electron chi connectivity index (χ0n) is 14.8. The van der Waals surface area contributed by atoms with Crippen LogP contribution in [0, 0.1) is 16.0 Å². The number of benzene rings is 2. The third kappa shape index (κ3) is 5.59. The number of nitro groups is 1. The number of halogens is 3. The summed E-state index contributed by atoms with van der Waals surface area (Å²) in [5.41, 5.74) is -0.525. The summed E-state index contributed by atoms with van der Waals surface area (Å²) in [6.45, 7) is 3.86. The molecule has 11 heteroatoms. The Labute approximate surface area is 158 Å². The van der Waals surface area contributed by atoms with Gasteiger partial charge < -0.3 is 9.47 Å². The Morgan fingerprint density at radius 1 is 1.07 bits per heavy atom. The molecule has 0 aliphatic heterocycles. The van der Waals surface area contributed by atoms with Crippen LogP contribution in [0.2, 0.25) is 0 Å². The molecule has 0 aliphatic rings. The van der Waals surface area contributed by atoms with Gasteiger partial charge >= 0.3 is 6.36 Å². The molecule has 0 N–H and O–H groups in total. The van der Waals surface area contributed by atoms with Crippen LogP contribution < -0.4 is 9.47 Å². The molecule has 0 spiro atoms. The number of nitrogens with zero attached hydrogens (tertiary/aromatic N) is 1. The molecule has 0 atom stereocenters. The summed E-state index contributed by atoms with van der Waals surface area (Å²) in [4.78, 5) is 9.35. The Kier molecular flexibility index (Phi) is 6.17. The van der Waals surface area contributed by atoms with E-state index in [1.807, 2.05) is 13.8 Å². The van der Waals surface area contributed by atoms with Crippen molar-refractivity contribution < 1.29 is 36.0 Å². The van der Waals surface area contributed by atoms with E-state index in [1.165, 1.54) is 0 Å². The van der Waals surface area contributed by atoms with Crippen molar-refractivity contribution in [1.29, 1.82) is 0 Å². The molecular formula is C17H16F3NO6S. The molecule has 2 aromatic rings. The lowest BCUT2D eigenvalue weighted by Gasteiger charge is -2.12. The molecule has 2 rings (SSSR count). The fraction of sp³-hybridized carbons (Fsp3) is 0.294. The fourth-order valence-corrected chi connectivity index (χ4v) is 3.49. The molecular weight excluding hydrogens is 403 g/mol. The normalized spacial score (nSPS) is 12.1. The van der Waals surface area contributed by atoms with Gasteiger partial charge in [-0.25, -0.2) is 8.42 Å². The molecule has 0 saturated carbocycles. The van der Waals surface area contributed by atoms with Crippen LogP contribution in [0.3, 0.4) is 0 Å². The van der Waals surface area contributed by atoms with E-state index >= 15 is 0 Å². The minimum atomic E-state index is -4.99. The molecule has 28 heavy (non-hydrogen) atoms. The number of non-ortho nitro benzene ring substituents is 1. The molecule has 2 aromatic carbocycles. The van der Waals surface area contributed by atoms with E-state index in [2.05, 4.69) is 4.74 Å². The highest BCUT2D eigenvalue weighted by atomic mass is 32.2. The largest absolute Gasteiger partial charge is 0.573 e. The Morgan fingerprint density at radius 3 is 2.29 bits per heavy atom. The number of hydrogen-bond donors (Lipinski definition) is 0. The van der Waals surface area contributed by atoms with Gasteiger partial charge in [0.1, 0.15) is 11.5 Å². The summed E-state index contributed by atoms with van der Waals surface area (Å²) >= 11 is 0. The van der Waals surface area contributed by atoms with Crippen molar-refractivity contribution in [3.05, 3.63) is 52.6 Å². The van der Waals surface area contributed by atoms with Crippen molar-refractivity contribution >= 4 is 15.5 Å². The standard InChI is InChI=1S/C17H16F3NO6S/c1-11(2)10-26-14-6-12(21(22)23)7-16(9-14)28(24,25)15-5-3-4-13(8-15)27-17(18,19)20/h3-9,11H,10H2,1-2H3. The first-order valence-corrected chi connectivity index (χ1v) is 9.40. The lowest BCUT2D eigenvalue weighted by Crippen LogP contribution is -2.17. The number of nitro benzene ring substituents is 1. The molecule has 152 valence electrons. The highest BCUT2D eigenvalue weighted by molar-refractivity contribution is 7.91. The van der Waals surface area contributed by atoms with E-state index in [9.17, 15) is 31.7 Å². The first-order valence-electron chi connectivity index (χ1n) is 7.91. The maximum atomic E-state index is 12.8. The second-order valence-electron chi connectivity index (χ2n) is 6.15. The molecule has 0 heterocycles. The lowest BCUT2D eigenvalue weighted by molar-refractivity contribution is -0.385. The quantitative estimate of drug-likeness (QED) is 0.489. The van der Waals surface area contributed by atoms with Gasteiger partial charge in [-0.15, -0.1) is 13.2 Å². The summed E-state index contributed by atoms with van der Waals surface area (Å²) in [6, 6.07) is 6.74. The first kappa shape index (κ1) is 21.5. The van der Waals surface area contributed by atoms with E-state index in [0.29, 0.717) is 6.07 Å². The van der Waals surface area contributed by atoms with Gasteiger partial charge in [0, 0.05) is 6.07 Å². The van der Waals surface area contributed by atoms with E-state index < -0.39 is 42.4 Å². The van der Waals surface area contributed by atoms with Gasteiger partial charge in [-0.1, -0.05) is 19.9 Å². The zero-order chi connectivity index (χ0) is 21.1. The van der Waals surface area contributed by atoms with Crippen LogP contribution in [0.5, 0.6) is 11.5 Å². The second-order valence-corrected chi connectivity index (χ2v) is 8.10. The molecule has 0 amide bonds. The molecule has 0 bridgehead atoms. The van der Waals surface area contributed by atoms with Crippen molar-refractivity contribution in [3.8, 4) is 11.5 Å². The summed E-state index contributed by atoms with van der Waals surface area (Å²) in [6.07, 6.45) is -4.99. The van der Waals surface area contributed by atoms with Crippen LogP contribution >= 0.6 is 0 Å². The maximum Gasteiger partial charge on any atom is 0.573 e. The van der Waals surface area contributed by atoms with Gasteiger partial charge in [0.2, 0.25) is 9.84 Å². The zero-order valence-corrected chi connectivity index (χ0v) is 15.6. The van der Waals surface area contributed by atoms with E-state index in [-0.39, 0.29) is 18.3 Å². The molecule has 0 fully saturated rings. The Morgan fingerprint density at radius 2 is 1.71 bits per heavy atom. The number of rotatable bonds is 7. The van der Waals surface area contributed by atoms with Crippen molar-refractivity contribution in [2.24, 2.45) is 5.92 Å². The van der Waals surface area contributed by atoms with Crippen molar-refractivity contribution in [3.63, 3.8) is 0 Å². The molecule has 0 aliphatic carbocycles. The predicted molar refractivity (Wildman–Crippen MR) is 92.0 cm³/mol. The van der Waals surface area contributed by atoms with Crippen molar-refractivity contribution in [2.45, 2.75) is 30.0 Å². The van der Waals surface area contributed by atoms with Crippen LogP contribution in [-0.4, -0.2) is 26.3 Å². The third-order valence-corrected chi connectivity index (χ3v) is 5.05. The molecule has 0 aromatic heterocycles. The highest BCUT2D eigenvalue weighted by Crippen LogP contribution is 2.32.